The number of amides is 1. The summed E-state index contributed by atoms with van der Waals surface area (Å²) in [6, 6.07) is 23.8. The number of fused-ring (bicyclic) bond motifs is 1. The summed E-state index contributed by atoms with van der Waals surface area (Å²) in [4.78, 5) is 20.2. The number of nitrogens with zero attached hydrogens (tertiary/aromatic N) is 4. The molecular weight excluding hydrogens is 522 g/mol. The Morgan fingerprint density at radius 3 is 2.38 bits per heavy atom. The maximum atomic E-state index is 13.0. The number of nitrogens with one attached hydrogen (secondary N) is 2. The molecule has 1 aromatic heterocycles. The molecule has 0 spiro atoms. The van der Waals surface area contributed by atoms with Crippen molar-refractivity contribution < 1.29 is 4.79 Å². The van der Waals surface area contributed by atoms with Crippen molar-refractivity contribution in [2.45, 2.75) is 12.8 Å². The molecule has 8 nitrogen and oxygen atoms in total. The third kappa shape index (κ3) is 7.15. The van der Waals surface area contributed by atoms with Gasteiger partial charge < -0.3 is 10.3 Å². The van der Waals surface area contributed by atoms with E-state index in [4.69, 9.17) is 16.1 Å². The van der Waals surface area contributed by atoms with Crippen molar-refractivity contribution in [1.82, 2.24) is 24.9 Å². The third-order valence-electron chi connectivity index (χ3n) is 7.24. The highest BCUT2D eigenvalue weighted by Gasteiger charge is 2.19. The van der Waals surface area contributed by atoms with Gasteiger partial charge in [-0.25, -0.2) is 9.99 Å². The van der Waals surface area contributed by atoms with Crippen LogP contribution in [0.15, 0.2) is 78.9 Å². The molecule has 1 fully saturated rings. The van der Waals surface area contributed by atoms with E-state index in [1.165, 1.54) is 11.1 Å². The maximum Gasteiger partial charge on any atom is 0.265 e. The molecule has 2 heterocycles. The highest BCUT2D eigenvalue weighted by atomic mass is 35.5. The van der Waals surface area contributed by atoms with Crippen molar-refractivity contribution >= 4 is 41.3 Å². The minimum atomic E-state index is -0.105. The predicted molar refractivity (Wildman–Crippen MR) is 164 cm³/mol. The van der Waals surface area contributed by atoms with Crippen LogP contribution < -0.4 is 11.2 Å². The molecule has 4 N–H and O–H groups in total. The van der Waals surface area contributed by atoms with Crippen LogP contribution in [-0.4, -0.2) is 63.9 Å². The first-order valence-electron chi connectivity index (χ1n) is 13.3. The van der Waals surface area contributed by atoms with Gasteiger partial charge in [0.1, 0.15) is 11.7 Å². The number of carbonyl (C=O) groups excluding carboxylic acids is 1. The van der Waals surface area contributed by atoms with Crippen molar-refractivity contribution in [2.24, 2.45) is 12.8 Å². The summed E-state index contributed by atoms with van der Waals surface area (Å²) in [5, 5.41) is 9.54. The zero-order valence-electron chi connectivity index (χ0n) is 22.7. The summed E-state index contributed by atoms with van der Waals surface area (Å²) in [7, 11) is 2.01. The van der Waals surface area contributed by atoms with Gasteiger partial charge in [0.2, 0.25) is 0 Å². The van der Waals surface area contributed by atoms with Crippen LogP contribution in [0.5, 0.6) is 0 Å². The summed E-state index contributed by atoms with van der Waals surface area (Å²) in [5.41, 5.74) is 14.2. The zero-order valence-corrected chi connectivity index (χ0v) is 23.5. The van der Waals surface area contributed by atoms with E-state index in [9.17, 15) is 4.79 Å². The standard InChI is InChI=1S/C31H35N7O.ClH/c1-36-28-15-14-26(22-27(28)34-29(36)16-11-24-9-12-25(13-10-24)30(32)33)31(39)35-38-20-18-37(19-21-38)17-5-8-23-6-3-2-4-7-23;/h2-10,12-15,22H,11,16-21H2,1H3,(H3,32,33)(H,35,39);1H. The Labute approximate surface area is 241 Å². The van der Waals surface area contributed by atoms with Crippen molar-refractivity contribution in [2.75, 3.05) is 32.7 Å². The summed E-state index contributed by atoms with van der Waals surface area (Å²) in [6.07, 6.45) is 5.96. The highest BCUT2D eigenvalue weighted by molar-refractivity contribution is 5.97. The van der Waals surface area contributed by atoms with Gasteiger partial charge in [0.25, 0.3) is 5.91 Å². The maximum absolute atomic E-state index is 13.0. The lowest BCUT2D eigenvalue weighted by atomic mass is 10.1. The SMILES string of the molecule is Cl.Cn1c(CCc2ccc(C(=N)N)cc2)nc2cc(C(=O)NN3CCN(CC=Cc4ccccc4)CC3)ccc21. The van der Waals surface area contributed by atoms with Gasteiger partial charge in [-0.2, -0.15) is 0 Å². The predicted octanol–water partition coefficient (Wildman–Crippen LogP) is 4.04. The number of hydrogen-bond donors (Lipinski definition) is 3. The molecule has 1 aliphatic heterocycles. The fourth-order valence-electron chi connectivity index (χ4n) is 4.87. The first kappa shape index (κ1) is 29.0. The van der Waals surface area contributed by atoms with Gasteiger partial charge in [-0.05, 0) is 35.7 Å². The van der Waals surface area contributed by atoms with Crippen LogP contribution in [0.25, 0.3) is 17.1 Å². The van der Waals surface area contributed by atoms with Gasteiger partial charge >= 0.3 is 0 Å². The molecule has 0 aliphatic carbocycles. The van der Waals surface area contributed by atoms with Crippen molar-refractivity contribution in [3.8, 4) is 0 Å². The molecule has 0 radical (unpaired) electrons. The van der Waals surface area contributed by atoms with Crippen LogP contribution in [0.4, 0.5) is 0 Å². The Morgan fingerprint density at radius 1 is 0.975 bits per heavy atom. The minimum Gasteiger partial charge on any atom is -0.384 e. The number of halogens is 1. The lowest BCUT2D eigenvalue weighted by Gasteiger charge is -2.34. The number of nitrogen functional groups attached to an aromatic ring is 1. The molecular formula is C31H36ClN7O. The number of amidine groups is 1. The number of hydrazine groups is 1. The molecule has 40 heavy (non-hydrogen) atoms. The molecule has 1 amide bonds. The number of carbonyl (C=O) groups is 1. The second kappa shape index (κ2) is 13.4. The Balaban J connectivity index is 0.00000370. The summed E-state index contributed by atoms with van der Waals surface area (Å²) < 4.78 is 2.09. The number of aryl methyl sites for hydroxylation is 3. The first-order chi connectivity index (χ1) is 19.0. The highest BCUT2D eigenvalue weighted by Crippen LogP contribution is 2.19. The lowest BCUT2D eigenvalue weighted by Crippen LogP contribution is -2.53. The molecule has 5 rings (SSSR count). The van der Waals surface area contributed by atoms with Gasteiger partial charge in [-0.1, -0.05) is 66.7 Å². The smallest absolute Gasteiger partial charge is 0.265 e. The van der Waals surface area contributed by atoms with Crippen LogP contribution >= 0.6 is 12.4 Å². The van der Waals surface area contributed by atoms with E-state index >= 15 is 0 Å². The summed E-state index contributed by atoms with van der Waals surface area (Å²) in [6.45, 7) is 4.28. The normalized spacial score (nSPS) is 14.3. The van der Waals surface area contributed by atoms with Crippen LogP contribution in [0, 0.1) is 5.41 Å². The van der Waals surface area contributed by atoms with Gasteiger partial charge in [0.15, 0.2) is 0 Å². The van der Waals surface area contributed by atoms with E-state index in [2.05, 4.69) is 39.2 Å². The average Bonchev–Trinajstić information content (AvgIpc) is 3.28. The van der Waals surface area contributed by atoms with Crippen molar-refractivity contribution in [3.05, 3.63) is 107 Å². The van der Waals surface area contributed by atoms with Gasteiger partial charge in [0, 0.05) is 57.3 Å². The number of imidazole rings is 1. The Hall–Kier alpha value is -3.98. The van der Waals surface area contributed by atoms with Gasteiger partial charge in [-0.15, -0.1) is 12.4 Å². The quantitative estimate of drug-likeness (QED) is 0.213. The second-order valence-electron chi connectivity index (χ2n) is 9.94. The molecule has 0 atom stereocenters. The van der Waals surface area contributed by atoms with E-state index in [1.54, 1.807) is 0 Å². The molecule has 9 heteroatoms. The van der Waals surface area contributed by atoms with Crippen LogP contribution in [-0.2, 0) is 19.9 Å². The van der Waals surface area contributed by atoms with Crippen molar-refractivity contribution in [1.29, 1.82) is 5.41 Å². The number of hydrogen-bond acceptors (Lipinski definition) is 5. The molecule has 208 valence electrons. The molecule has 0 saturated carbocycles. The average molecular weight is 558 g/mol. The topological polar surface area (TPSA) is 103 Å². The van der Waals surface area contributed by atoms with E-state index in [0.717, 1.165) is 68.0 Å². The van der Waals surface area contributed by atoms with Gasteiger partial charge in [-0.3, -0.25) is 20.5 Å². The van der Waals surface area contributed by atoms with E-state index < -0.39 is 0 Å². The fourth-order valence-corrected chi connectivity index (χ4v) is 4.87. The molecule has 1 aliphatic rings. The molecule has 4 aromatic rings. The Morgan fingerprint density at radius 2 is 1.68 bits per heavy atom. The Kier molecular flexibility index (Phi) is 9.71. The van der Waals surface area contributed by atoms with E-state index in [-0.39, 0.29) is 24.1 Å². The fraction of sp³-hybridized carbons (Fsp3) is 0.258. The van der Waals surface area contributed by atoms with Crippen LogP contribution in [0.1, 0.15) is 32.9 Å². The molecule has 1 saturated heterocycles. The number of aromatic nitrogens is 2. The number of piperazine rings is 1. The van der Waals surface area contributed by atoms with Crippen LogP contribution in [0.2, 0.25) is 0 Å². The van der Waals surface area contributed by atoms with Crippen LogP contribution in [0.3, 0.4) is 0 Å². The minimum absolute atomic E-state index is 0. The van der Waals surface area contributed by atoms with E-state index in [1.807, 2.05) is 72.7 Å². The first-order valence-corrected chi connectivity index (χ1v) is 13.3. The number of rotatable bonds is 9. The second-order valence-corrected chi connectivity index (χ2v) is 9.94. The Bertz CT molecular complexity index is 1470. The summed E-state index contributed by atoms with van der Waals surface area (Å²) >= 11 is 0. The van der Waals surface area contributed by atoms with Crippen molar-refractivity contribution in [3.63, 3.8) is 0 Å². The van der Waals surface area contributed by atoms with Gasteiger partial charge in [0.05, 0.1) is 11.0 Å². The zero-order chi connectivity index (χ0) is 27.2. The number of nitrogens with two attached hydrogens (primary N) is 1. The molecule has 3 aromatic carbocycles. The van der Waals surface area contributed by atoms with E-state index in [0.29, 0.717) is 5.56 Å². The molecule has 0 unspecified atom stereocenters. The lowest BCUT2D eigenvalue weighted by molar-refractivity contribution is 0.0641. The summed E-state index contributed by atoms with van der Waals surface area (Å²) in [5.74, 6) is 0.939. The number of benzene rings is 3. The third-order valence-corrected chi connectivity index (χ3v) is 7.24. The monoisotopic (exact) mass is 557 g/mol. The largest absolute Gasteiger partial charge is 0.384 e. The molecule has 0 bridgehead atoms.